The van der Waals surface area contributed by atoms with Gasteiger partial charge in [-0.25, -0.2) is 4.79 Å². The molecule has 162 valence electrons. The van der Waals surface area contributed by atoms with E-state index in [4.69, 9.17) is 14.2 Å². The van der Waals surface area contributed by atoms with Crippen molar-refractivity contribution >= 4 is 23.7 Å². The molecule has 1 N–H and O–H groups in total. The van der Waals surface area contributed by atoms with E-state index in [1.165, 1.54) is 20.3 Å². The Kier molecular flexibility index (Phi) is 6.59. The zero-order chi connectivity index (χ0) is 21.7. The minimum absolute atomic E-state index is 0.0736. The summed E-state index contributed by atoms with van der Waals surface area (Å²) >= 11 is 0. The first-order chi connectivity index (χ1) is 14.4. The second-order valence-electron chi connectivity index (χ2n) is 7.43. The van der Waals surface area contributed by atoms with Crippen LogP contribution >= 0.6 is 0 Å². The number of amides is 3. The fourth-order valence-electron chi connectivity index (χ4n) is 3.89. The Bertz CT molecular complexity index is 846. The summed E-state index contributed by atoms with van der Waals surface area (Å²) in [5, 5.41) is 2.79. The molecule has 1 heterocycles. The minimum atomic E-state index is -0.817. The van der Waals surface area contributed by atoms with E-state index >= 15 is 0 Å². The second kappa shape index (κ2) is 9.15. The van der Waals surface area contributed by atoms with Crippen molar-refractivity contribution in [2.24, 2.45) is 0 Å². The molecule has 30 heavy (non-hydrogen) atoms. The Labute approximate surface area is 174 Å². The van der Waals surface area contributed by atoms with E-state index in [1.54, 1.807) is 12.1 Å². The molecule has 3 rings (SSSR count). The molecule has 1 aromatic carbocycles. The van der Waals surface area contributed by atoms with E-state index in [-0.39, 0.29) is 18.9 Å². The number of benzene rings is 1. The maximum atomic E-state index is 12.7. The first-order valence-electron chi connectivity index (χ1n) is 9.95. The third kappa shape index (κ3) is 4.39. The van der Waals surface area contributed by atoms with Gasteiger partial charge >= 0.3 is 12.0 Å². The summed E-state index contributed by atoms with van der Waals surface area (Å²) in [6.07, 6.45) is 3.90. The van der Waals surface area contributed by atoms with Crippen LogP contribution < -0.4 is 14.8 Å². The molecule has 1 spiro atoms. The number of carbonyl (C=O) groups excluding carboxylic acids is 4. The van der Waals surface area contributed by atoms with Crippen LogP contribution in [0.4, 0.5) is 4.79 Å². The number of esters is 1. The van der Waals surface area contributed by atoms with Crippen molar-refractivity contribution < 1.29 is 33.4 Å². The predicted molar refractivity (Wildman–Crippen MR) is 106 cm³/mol. The van der Waals surface area contributed by atoms with Crippen molar-refractivity contribution in [3.63, 3.8) is 0 Å². The van der Waals surface area contributed by atoms with E-state index in [2.05, 4.69) is 5.32 Å². The van der Waals surface area contributed by atoms with Crippen LogP contribution in [0.2, 0.25) is 0 Å². The average Bonchev–Trinajstić information content (AvgIpc) is 2.99. The van der Waals surface area contributed by atoms with Gasteiger partial charge in [0.25, 0.3) is 5.91 Å². The van der Waals surface area contributed by atoms with Crippen molar-refractivity contribution in [2.75, 3.05) is 27.4 Å². The summed E-state index contributed by atoms with van der Waals surface area (Å²) in [6.45, 7) is -0.520. The fourth-order valence-corrected chi connectivity index (χ4v) is 3.89. The fraction of sp³-hybridized carbons (Fsp3) is 0.524. The lowest BCUT2D eigenvalue weighted by molar-refractivity contribution is -0.143. The van der Waals surface area contributed by atoms with Gasteiger partial charge in [0.05, 0.1) is 20.6 Å². The third-order valence-corrected chi connectivity index (χ3v) is 5.56. The first-order valence-corrected chi connectivity index (χ1v) is 9.95. The summed E-state index contributed by atoms with van der Waals surface area (Å²) in [5.74, 6) is -0.462. The lowest BCUT2D eigenvalue weighted by Crippen LogP contribution is -2.48. The molecule has 2 aliphatic rings. The maximum absolute atomic E-state index is 12.7. The van der Waals surface area contributed by atoms with Gasteiger partial charge in [0.1, 0.15) is 5.54 Å². The first kappa shape index (κ1) is 21.6. The van der Waals surface area contributed by atoms with Crippen molar-refractivity contribution in [2.45, 2.75) is 44.1 Å². The maximum Gasteiger partial charge on any atom is 0.325 e. The van der Waals surface area contributed by atoms with Gasteiger partial charge in [0, 0.05) is 12.1 Å². The highest BCUT2D eigenvalue weighted by Crippen LogP contribution is 2.33. The van der Waals surface area contributed by atoms with E-state index in [9.17, 15) is 19.2 Å². The molecule has 9 nitrogen and oxygen atoms in total. The Balaban J connectivity index is 1.50. The SMILES string of the molecule is COc1ccc(C(=O)COC(=O)CCN2C(=O)NC3(CCCCC3)C2=O)cc1OC. The molecular formula is C21H26N2O7. The summed E-state index contributed by atoms with van der Waals surface area (Å²) in [6, 6.07) is 4.17. The second-order valence-corrected chi connectivity index (χ2v) is 7.43. The number of rotatable bonds is 8. The molecule has 2 fully saturated rings. The highest BCUT2D eigenvalue weighted by molar-refractivity contribution is 6.07. The van der Waals surface area contributed by atoms with Crippen LogP contribution in [0.3, 0.4) is 0 Å². The van der Waals surface area contributed by atoms with Crippen LogP contribution in [-0.4, -0.2) is 61.5 Å². The number of ether oxygens (including phenoxy) is 3. The molecule has 3 amide bonds. The van der Waals surface area contributed by atoms with E-state index in [1.807, 2.05) is 0 Å². The number of methoxy groups -OCH3 is 2. The standard InChI is InChI=1S/C21H26N2O7/c1-28-16-7-6-14(12-17(16)29-2)15(24)13-30-18(25)8-11-23-19(26)21(22-20(23)27)9-4-3-5-10-21/h6-7,12H,3-5,8-11,13H2,1-2H3,(H,22,27). The van der Waals surface area contributed by atoms with E-state index < -0.39 is 29.9 Å². The number of nitrogens with one attached hydrogen (secondary N) is 1. The van der Waals surface area contributed by atoms with Crippen LogP contribution in [0.15, 0.2) is 18.2 Å². The number of hydrogen-bond donors (Lipinski definition) is 1. The van der Waals surface area contributed by atoms with Crippen LogP contribution in [0.1, 0.15) is 48.9 Å². The number of ketones is 1. The molecule has 1 aliphatic carbocycles. The Morgan fingerprint density at radius 1 is 1.07 bits per heavy atom. The molecule has 0 aromatic heterocycles. The largest absolute Gasteiger partial charge is 0.493 e. The van der Waals surface area contributed by atoms with Crippen LogP contribution in [-0.2, 0) is 14.3 Å². The zero-order valence-electron chi connectivity index (χ0n) is 17.2. The molecule has 0 radical (unpaired) electrons. The Hall–Kier alpha value is -3.10. The van der Waals surface area contributed by atoms with Crippen molar-refractivity contribution in [3.05, 3.63) is 23.8 Å². The molecule has 1 aliphatic heterocycles. The number of nitrogens with zero attached hydrogens (tertiary/aromatic N) is 1. The molecule has 1 saturated carbocycles. The zero-order valence-corrected chi connectivity index (χ0v) is 17.2. The lowest BCUT2D eigenvalue weighted by atomic mass is 9.82. The number of imide groups is 1. The van der Waals surface area contributed by atoms with E-state index in [0.717, 1.165) is 24.2 Å². The van der Waals surface area contributed by atoms with Gasteiger partial charge in [-0.05, 0) is 31.0 Å². The molecule has 9 heteroatoms. The molecule has 0 atom stereocenters. The molecule has 1 aromatic rings. The summed E-state index contributed by atoms with van der Waals surface area (Å²) < 4.78 is 15.3. The number of carbonyl (C=O) groups is 4. The average molecular weight is 418 g/mol. The molecule has 0 bridgehead atoms. The lowest BCUT2D eigenvalue weighted by Gasteiger charge is -2.30. The number of urea groups is 1. The number of hydrogen-bond acceptors (Lipinski definition) is 7. The van der Waals surface area contributed by atoms with Crippen molar-refractivity contribution in [3.8, 4) is 11.5 Å². The Morgan fingerprint density at radius 3 is 2.43 bits per heavy atom. The summed E-state index contributed by atoms with van der Waals surface area (Å²) in [5.41, 5.74) is -0.503. The summed E-state index contributed by atoms with van der Waals surface area (Å²) in [7, 11) is 2.95. The normalized spacial score (nSPS) is 17.6. The Morgan fingerprint density at radius 2 is 1.77 bits per heavy atom. The van der Waals surface area contributed by atoms with Crippen molar-refractivity contribution in [1.82, 2.24) is 10.2 Å². The topological polar surface area (TPSA) is 111 Å². The minimum Gasteiger partial charge on any atom is -0.493 e. The predicted octanol–water partition coefficient (Wildman–Crippen LogP) is 2.07. The highest BCUT2D eigenvalue weighted by Gasteiger charge is 2.51. The van der Waals surface area contributed by atoms with Gasteiger partial charge in [0.2, 0.25) is 0 Å². The van der Waals surface area contributed by atoms with Crippen LogP contribution in [0.5, 0.6) is 11.5 Å². The van der Waals surface area contributed by atoms with Gasteiger partial charge in [-0.2, -0.15) is 0 Å². The van der Waals surface area contributed by atoms with Crippen LogP contribution in [0, 0.1) is 0 Å². The van der Waals surface area contributed by atoms with E-state index in [0.29, 0.717) is 29.9 Å². The molecular weight excluding hydrogens is 392 g/mol. The van der Waals surface area contributed by atoms with Gasteiger partial charge < -0.3 is 19.5 Å². The van der Waals surface area contributed by atoms with Gasteiger partial charge in [0.15, 0.2) is 23.9 Å². The van der Waals surface area contributed by atoms with Gasteiger partial charge in [-0.3, -0.25) is 19.3 Å². The number of Topliss-reactive ketones (excluding diaryl/α,β-unsaturated/α-hetero) is 1. The third-order valence-electron chi connectivity index (χ3n) is 5.56. The summed E-state index contributed by atoms with van der Waals surface area (Å²) in [4.78, 5) is 50.3. The van der Waals surface area contributed by atoms with Gasteiger partial charge in [-0.15, -0.1) is 0 Å². The highest BCUT2D eigenvalue weighted by atomic mass is 16.5. The quantitative estimate of drug-likeness (QED) is 0.391. The monoisotopic (exact) mass is 418 g/mol. The van der Waals surface area contributed by atoms with Gasteiger partial charge in [-0.1, -0.05) is 19.3 Å². The van der Waals surface area contributed by atoms with Crippen molar-refractivity contribution in [1.29, 1.82) is 0 Å². The molecule has 1 saturated heterocycles. The molecule has 0 unspecified atom stereocenters. The van der Waals surface area contributed by atoms with Crippen LogP contribution in [0.25, 0.3) is 0 Å². The smallest absolute Gasteiger partial charge is 0.325 e.